The van der Waals surface area contributed by atoms with E-state index >= 15 is 0 Å². The van der Waals surface area contributed by atoms with E-state index in [0.29, 0.717) is 12.2 Å². The Labute approximate surface area is 170 Å². The predicted molar refractivity (Wildman–Crippen MR) is 113 cm³/mol. The Morgan fingerprint density at radius 1 is 1.14 bits per heavy atom. The molecule has 150 valence electrons. The highest BCUT2D eigenvalue weighted by Crippen LogP contribution is 2.43. The van der Waals surface area contributed by atoms with Crippen LogP contribution in [0.15, 0.2) is 59.8 Å². The lowest BCUT2D eigenvalue weighted by Gasteiger charge is -2.32. The van der Waals surface area contributed by atoms with Crippen LogP contribution in [0.4, 0.5) is 5.95 Å². The molecule has 3 aromatic rings. The molecule has 1 aliphatic rings. The van der Waals surface area contributed by atoms with Crippen molar-refractivity contribution in [2.24, 2.45) is 0 Å². The third-order valence-corrected chi connectivity index (χ3v) is 5.14. The van der Waals surface area contributed by atoms with Crippen molar-refractivity contribution < 1.29 is 14.3 Å². The number of esters is 1. The largest absolute Gasteiger partial charge is 0.496 e. The highest BCUT2D eigenvalue weighted by atomic mass is 16.5. The van der Waals surface area contributed by atoms with Crippen molar-refractivity contribution in [3.8, 4) is 5.75 Å². The molecule has 1 atom stereocenters. The molecule has 1 N–H and O–H groups in total. The number of hydrogen-bond acceptors (Lipinski definition) is 5. The number of carbonyl (C=O) groups is 1. The summed E-state index contributed by atoms with van der Waals surface area (Å²) in [5.41, 5.74) is 4.18. The summed E-state index contributed by atoms with van der Waals surface area (Å²) in [7, 11) is 1.65. The number of fused-ring (bicyclic) bond motifs is 3. The number of anilines is 1. The van der Waals surface area contributed by atoms with Crippen LogP contribution in [0.3, 0.4) is 0 Å². The van der Waals surface area contributed by atoms with Crippen molar-refractivity contribution >= 4 is 23.0 Å². The summed E-state index contributed by atoms with van der Waals surface area (Å²) < 4.78 is 13.2. The van der Waals surface area contributed by atoms with E-state index in [4.69, 9.17) is 14.5 Å². The molecule has 0 aliphatic carbocycles. The molecule has 6 nitrogen and oxygen atoms in total. The van der Waals surface area contributed by atoms with Crippen LogP contribution in [0.2, 0.25) is 0 Å². The maximum absolute atomic E-state index is 13.1. The van der Waals surface area contributed by atoms with Gasteiger partial charge in [-0.2, -0.15) is 0 Å². The molecule has 0 unspecified atom stereocenters. The van der Waals surface area contributed by atoms with Crippen LogP contribution in [-0.2, 0) is 9.53 Å². The fourth-order valence-electron chi connectivity index (χ4n) is 3.97. The van der Waals surface area contributed by atoms with Gasteiger partial charge in [0.15, 0.2) is 0 Å². The summed E-state index contributed by atoms with van der Waals surface area (Å²) in [5, 5.41) is 3.40. The number of rotatable bonds is 6. The normalized spacial score (nSPS) is 15.8. The lowest BCUT2D eigenvalue weighted by Crippen LogP contribution is -2.30. The number of allylic oxidation sites excluding steroid dienone is 1. The molecule has 0 fully saturated rings. The Hall–Kier alpha value is -3.28. The molecule has 4 rings (SSSR count). The van der Waals surface area contributed by atoms with Crippen LogP contribution >= 0.6 is 0 Å². The third-order valence-electron chi connectivity index (χ3n) is 5.14. The molecule has 0 saturated heterocycles. The van der Waals surface area contributed by atoms with E-state index in [-0.39, 0.29) is 5.97 Å². The van der Waals surface area contributed by atoms with Gasteiger partial charge in [0.2, 0.25) is 5.95 Å². The highest BCUT2D eigenvalue weighted by Gasteiger charge is 2.37. The van der Waals surface area contributed by atoms with Crippen molar-refractivity contribution in [2.75, 3.05) is 19.0 Å². The molecule has 1 aromatic heterocycles. The fourth-order valence-corrected chi connectivity index (χ4v) is 3.97. The molecule has 0 bridgehead atoms. The fraction of sp³-hybridized carbons (Fsp3) is 0.304. The quantitative estimate of drug-likeness (QED) is 0.618. The van der Waals surface area contributed by atoms with Gasteiger partial charge < -0.3 is 14.8 Å². The first-order chi connectivity index (χ1) is 14.2. The van der Waals surface area contributed by atoms with E-state index in [9.17, 15) is 4.79 Å². The van der Waals surface area contributed by atoms with Crippen molar-refractivity contribution in [3.05, 3.63) is 65.4 Å². The number of aromatic nitrogens is 2. The average Bonchev–Trinajstić information content (AvgIpc) is 3.11. The first-order valence-corrected chi connectivity index (χ1v) is 9.96. The Morgan fingerprint density at radius 2 is 1.90 bits per heavy atom. The van der Waals surface area contributed by atoms with Gasteiger partial charge >= 0.3 is 5.97 Å². The second kappa shape index (κ2) is 7.99. The van der Waals surface area contributed by atoms with Gasteiger partial charge in [0.1, 0.15) is 5.75 Å². The SMILES string of the molecule is CCCC1=C(C(=O)OCC)[C@@H](c2ccccc2OC)n2c(nc3ccccc32)N1. The second-order valence-electron chi connectivity index (χ2n) is 6.93. The number of nitrogens with zero attached hydrogens (tertiary/aromatic N) is 2. The molecule has 0 saturated carbocycles. The van der Waals surface area contributed by atoms with E-state index in [2.05, 4.69) is 16.8 Å². The Morgan fingerprint density at radius 3 is 2.66 bits per heavy atom. The van der Waals surface area contributed by atoms with Gasteiger partial charge in [-0.25, -0.2) is 9.78 Å². The monoisotopic (exact) mass is 391 g/mol. The molecule has 2 heterocycles. The topological polar surface area (TPSA) is 65.4 Å². The number of benzene rings is 2. The molecule has 6 heteroatoms. The lowest BCUT2D eigenvalue weighted by atomic mass is 9.92. The van der Waals surface area contributed by atoms with E-state index < -0.39 is 6.04 Å². The summed E-state index contributed by atoms with van der Waals surface area (Å²) in [6.07, 6.45) is 1.62. The van der Waals surface area contributed by atoms with Crippen LogP contribution in [0.25, 0.3) is 11.0 Å². The van der Waals surface area contributed by atoms with Crippen LogP contribution in [0.1, 0.15) is 38.3 Å². The Kier molecular flexibility index (Phi) is 5.25. The molecule has 0 amide bonds. The minimum atomic E-state index is -0.393. The van der Waals surface area contributed by atoms with Crippen molar-refractivity contribution in [1.29, 1.82) is 0 Å². The van der Waals surface area contributed by atoms with E-state index in [1.54, 1.807) is 7.11 Å². The van der Waals surface area contributed by atoms with Gasteiger partial charge in [-0.15, -0.1) is 0 Å². The highest BCUT2D eigenvalue weighted by molar-refractivity contribution is 5.94. The number of imidazole rings is 1. The Balaban J connectivity index is 2.03. The number of hydrogen-bond donors (Lipinski definition) is 1. The van der Waals surface area contributed by atoms with Crippen LogP contribution < -0.4 is 10.1 Å². The van der Waals surface area contributed by atoms with Crippen molar-refractivity contribution in [2.45, 2.75) is 32.7 Å². The molecule has 0 radical (unpaired) electrons. The van der Waals surface area contributed by atoms with Gasteiger partial charge in [0, 0.05) is 11.3 Å². The van der Waals surface area contributed by atoms with Gasteiger partial charge in [-0.1, -0.05) is 43.7 Å². The predicted octanol–water partition coefficient (Wildman–Crippen LogP) is 4.68. The van der Waals surface area contributed by atoms with E-state index in [1.807, 2.05) is 55.5 Å². The average molecular weight is 391 g/mol. The maximum atomic E-state index is 13.1. The minimum absolute atomic E-state index is 0.317. The summed E-state index contributed by atoms with van der Waals surface area (Å²) in [6, 6.07) is 15.3. The number of carbonyl (C=O) groups excluding carboxylic acids is 1. The van der Waals surface area contributed by atoms with Crippen LogP contribution in [-0.4, -0.2) is 29.2 Å². The first-order valence-electron chi connectivity index (χ1n) is 9.96. The smallest absolute Gasteiger partial charge is 0.338 e. The molecule has 2 aromatic carbocycles. The first kappa shape index (κ1) is 19.1. The van der Waals surface area contributed by atoms with Crippen molar-refractivity contribution in [1.82, 2.24) is 9.55 Å². The van der Waals surface area contributed by atoms with Crippen LogP contribution in [0.5, 0.6) is 5.75 Å². The molecule has 0 spiro atoms. The summed E-state index contributed by atoms with van der Waals surface area (Å²) in [4.78, 5) is 17.9. The standard InChI is InChI=1S/C23H25N3O3/c1-4-10-17-20(22(27)29-5-2)21(15-11-6-9-14-19(15)28-3)26-18-13-8-7-12-16(18)24-23(26)25-17/h6-9,11-14,21H,4-5,10H2,1-3H3,(H,24,25)/t21-/m1/s1. The molecule has 29 heavy (non-hydrogen) atoms. The zero-order valence-corrected chi connectivity index (χ0v) is 16.9. The van der Waals surface area contributed by atoms with Gasteiger partial charge in [0.25, 0.3) is 0 Å². The third kappa shape index (κ3) is 3.24. The Bertz CT molecular complexity index is 1080. The van der Waals surface area contributed by atoms with Gasteiger partial charge in [-0.05, 0) is 31.5 Å². The van der Waals surface area contributed by atoms with Gasteiger partial charge in [0.05, 0.1) is 36.4 Å². The zero-order valence-electron chi connectivity index (χ0n) is 16.9. The summed E-state index contributed by atoms with van der Waals surface area (Å²) in [5.74, 6) is 1.13. The molecule has 1 aliphatic heterocycles. The molecular weight excluding hydrogens is 366 g/mol. The molecular formula is C23H25N3O3. The minimum Gasteiger partial charge on any atom is -0.496 e. The summed E-state index contributed by atoms with van der Waals surface area (Å²) in [6.45, 7) is 4.23. The van der Waals surface area contributed by atoms with E-state index in [1.165, 1.54) is 0 Å². The lowest BCUT2D eigenvalue weighted by molar-refractivity contribution is -0.139. The van der Waals surface area contributed by atoms with Gasteiger partial charge in [-0.3, -0.25) is 4.57 Å². The number of ether oxygens (including phenoxy) is 2. The number of methoxy groups -OCH3 is 1. The maximum Gasteiger partial charge on any atom is 0.338 e. The van der Waals surface area contributed by atoms with Crippen molar-refractivity contribution in [3.63, 3.8) is 0 Å². The second-order valence-corrected chi connectivity index (χ2v) is 6.93. The van der Waals surface area contributed by atoms with E-state index in [0.717, 1.165) is 46.8 Å². The summed E-state index contributed by atoms with van der Waals surface area (Å²) >= 11 is 0. The number of nitrogens with one attached hydrogen (secondary N) is 1. The number of para-hydroxylation sites is 3. The zero-order chi connectivity index (χ0) is 20.4. The van der Waals surface area contributed by atoms with Crippen LogP contribution in [0, 0.1) is 0 Å².